The lowest BCUT2D eigenvalue weighted by molar-refractivity contribution is 0.0714. The molecule has 1 aliphatic heterocycles. The van der Waals surface area contributed by atoms with Crippen molar-refractivity contribution < 1.29 is 13.6 Å². The van der Waals surface area contributed by atoms with Gasteiger partial charge >= 0.3 is 0 Å². The minimum absolute atomic E-state index is 0.0441. The van der Waals surface area contributed by atoms with Crippen molar-refractivity contribution in [1.29, 1.82) is 0 Å². The Labute approximate surface area is 177 Å². The van der Waals surface area contributed by atoms with Gasteiger partial charge in [-0.1, -0.05) is 24.3 Å². The molecule has 0 spiro atoms. The molecule has 154 valence electrons. The summed E-state index contributed by atoms with van der Waals surface area (Å²) in [6, 6.07) is 12.5. The topological polar surface area (TPSA) is 63.4 Å². The molecule has 1 unspecified atom stereocenters. The molecule has 0 aliphatic carbocycles. The quantitative estimate of drug-likeness (QED) is 0.488. The molecule has 0 fully saturated rings. The standard InChI is InChI=1S/C25H19FN2O3/c1-14-10-15(2)23-19(11-14)22(29)20-21(17-5-7-18(26)8-6-17)28(25(30)24(20)31-23)13-16-4-3-9-27-12-16/h3-12,21H,13H2,1-2H3. The molecule has 0 bridgehead atoms. The van der Waals surface area contributed by atoms with E-state index in [9.17, 15) is 14.0 Å². The lowest BCUT2D eigenvalue weighted by Gasteiger charge is -2.25. The predicted molar refractivity (Wildman–Crippen MR) is 114 cm³/mol. The molecule has 3 heterocycles. The first-order valence-electron chi connectivity index (χ1n) is 9.97. The summed E-state index contributed by atoms with van der Waals surface area (Å²) in [4.78, 5) is 32.7. The van der Waals surface area contributed by atoms with E-state index in [4.69, 9.17) is 4.42 Å². The molecule has 1 aliphatic rings. The van der Waals surface area contributed by atoms with Gasteiger partial charge in [-0.25, -0.2) is 4.39 Å². The summed E-state index contributed by atoms with van der Waals surface area (Å²) in [5.41, 5.74) is 3.67. The lowest BCUT2D eigenvalue weighted by Crippen LogP contribution is -2.29. The summed E-state index contributed by atoms with van der Waals surface area (Å²) in [6.45, 7) is 4.01. The summed E-state index contributed by atoms with van der Waals surface area (Å²) in [7, 11) is 0. The fraction of sp³-hybridized carbons (Fsp3) is 0.160. The van der Waals surface area contributed by atoms with Gasteiger partial charge in [0.15, 0.2) is 5.43 Å². The molecule has 2 aromatic carbocycles. The van der Waals surface area contributed by atoms with Gasteiger partial charge in [0.1, 0.15) is 11.4 Å². The Morgan fingerprint density at radius 2 is 1.87 bits per heavy atom. The first-order valence-corrected chi connectivity index (χ1v) is 9.97. The van der Waals surface area contributed by atoms with Crippen molar-refractivity contribution in [3.05, 3.63) is 111 Å². The fourth-order valence-corrected chi connectivity index (χ4v) is 4.32. The number of amides is 1. The van der Waals surface area contributed by atoms with Crippen molar-refractivity contribution in [2.24, 2.45) is 0 Å². The Morgan fingerprint density at radius 1 is 1.10 bits per heavy atom. The van der Waals surface area contributed by atoms with E-state index in [0.29, 0.717) is 16.5 Å². The number of rotatable bonds is 3. The normalized spacial score (nSPS) is 15.5. The summed E-state index contributed by atoms with van der Waals surface area (Å²) in [6.07, 6.45) is 3.33. The molecule has 1 amide bonds. The molecule has 0 saturated carbocycles. The maximum absolute atomic E-state index is 13.6. The van der Waals surface area contributed by atoms with Crippen LogP contribution in [0.4, 0.5) is 4.39 Å². The largest absolute Gasteiger partial charge is 0.450 e. The van der Waals surface area contributed by atoms with E-state index in [-0.39, 0.29) is 35.0 Å². The number of carbonyl (C=O) groups excluding carboxylic acids is 1. The second kappa shape index (κ2) is 7.16. The fourth-order valence-electron chi connectivity index (χ4n) is 4.32. The molecule has 5 nitrogen and oxygen atoms in total. The number of pyridine rings is 1. The minimum atomic E-state index is -0.676. The highest BCUT2D eigenvalue weighted by molar-refractivity contribution is 5.99. The Balaban J connectivity index is 1.76. The Hall–Kier alpha value is -3.80. The number of hydrogen-bond donors (Lipinski definition) is 0. The summed E-state index contributed by atoms with van der Waals surface area (Å²) in [5.74, 6) is -0.710. The maximum Gasteiger partial charge on any atom is 0.291 e. The highest BCUT2D eigenvalue weighted by Crippen LogP contribution is 2.39. The Morgan fingerprint density at radius 3 is 2.58 bits per heavy atom. The van der Waals surface area contributed by atoms with E-state index in [1.807, 2.05) is 26.0 Å². The zero-order valence-corrected chi connectivity index (χ0v) is 17.1. The molecule has 0 N–H and O–H groups in total. The summed E-state index contributed by atoms with van der Waals surface area (Å²) < 4.78 is 19.6. The first-order chi connectivity index (χ1) is 14.9. The third-order valence-electron chi connectivity index (χ3n) is 5.66. The predicted octanol–water partition coefficient (Wildman–Crippen LogP) is 4.69. The van der Waals surface area contributed by atoms with Crippen LogP contribution in [-0.2, 0) is 6.54 Å². The molecule has 5 rings (SSSR count). The minimum Gasteiger partial charge on any atom is -0.450 e. The van der Waals surface area contributed by atoms with Gasteiger partial charge in [-0.2, -0.15) is 0 Å². The van der Waals surface area contributed by atoms with Crippen LogP contribution in [0, 0.1) is 19.7 Å². The van der Waals surface area contributed by atoms with Crippen molar-refractivity contribution in [2.75, 3.05) is 0 Å². The zero-order chi connectivity index (χ0) is 21.7. The average molecular weight is 414 g/mol. The van der Waals surface area contributed by atoms with Gasteiger partial charge in [-0.05, 0) is 60.4 Å². The van der Waals surface area contributed by atoms with Crippen LogP contribution in [0.5, 0.6) is 0 Å². The van der Waals surface area contributed by atoms with Gasteiger partial charge < -0.3 is 9.32 Å². The highest BCUT2D eigenvalue weighted by Gasteiger charge is 2.42. The molecule has 0 radical (unpaired) electrons. The number of aryl methyl sites for hydroxylation is 2. The molecular formula is C25H19FN2O3. The number of fused-ring (bicyclic) bond motifs is 2. The molecule has 0 saturated heterocycles. The molecular weight excluding hydrogens is 395 g/mol. The van der Waals surface area contributed by atoms with Crippen molar-refractivity contribution in [2.45, 2.75) is 26.4 Å². The lowest BCUT2D eigenvalue weighted by atomic mass is 9.97. The molecule has 1 atom stereocenters. The summed E-state index contributed by atoms with van der Waals surface area (Å²) >= 11 is 0. The van der Waals surface area contributed by atoms with Crippen LogP contribution >= 0.6 is 0 Å². The third kappa shape index (κ3) is 3.11. The Kier molecular flexibility index (Phi) is 4.43. The number of halogens is 1. The molecule has 4 aromatic rings. The van der Waals surface area contributed by atoms with Gasteiger partial charge in [-0.15, -0.1) is 0 Å². The van der Waals surface area contributed by atoms with Crippen LogP contribution in [0.2, 0.25) is 0 Å². The molecule has 2 aromatic heterocycles. The van der Waals surface area contributed by atoms with Gasteiger partial charge in [0.2, 0.25) is 5.76 Å². The maximum atomic E-state index is 13.6. The van der Waals surface area contributed by atoms with Crippen molar-refractivity contribution in [1.82, 2.24) is 9.88 Å². The average Bonchev–Trinajstić information content (AvgIpc) is 3.03. The number of nitrogens with zero attached hydrogens (tertiary/aromatic N) is 2. The van der Waals surface area contributed by atoms with Gasteiger partial charge in [0, 0.05) is 18.9 Å². The first kappa shape index (κ1) is 19.2. The smallest absolute Gasteiger partial charge is 0.291 e. The Bertz CT molecular complexity index is 1380. The van der Waals surface area contributed by atoms with Crippen molar-refractivity contribution in [3.8, 4) is 0 Å². The van der Waals surface area contributed by atoms with Crippen molar-refractivity contribution >= 4 is 16.9 Å². The van der Waals surface area contributed by atoms with E-state index in [1.54, 1.807) is 41.6 Å². The van der Waals surface area contributed by atoms with Gasteiger partial charge in [-0.3, -0.25) is 14.6 Å². The van der Waals surface area contributed by atoms with Crippen LogP contribution < -0.4 is 5.43 Å². The SMILES string of the molecule is Cc1cc(C)c2oc3c(c(=O)c2c1)C(c1ccc(F)cc1)N(Cc1cccnc1)C3=O. The van der Waals surface area contributed by atoms with E-state index in [0.717, 1.165) is 16.7 Å². The van der Waals surface area contributed by atoms with E-state index < -0.39 is 6.04 Å². The monoisotopic (exact) mass is 414 g/mol. The highest BCUT2D eigenvalue weighted by atomic mass is 19.1. The second-order valence-corrected chi connectivity index (χ2v) is 7.88. The van der Waals surface area contributed by atoms with Crippen LogP contribution in [0.3, 0.4) is 0 Å². The molecule has 6 heteroatoms. The number of benzene rings is 2. The van der Waals surface area contributed by atoms with E-state index >= 15 is 0 Å². The van der Waals surface area contributed by atoms with E-state index in [1.165, 1.54) is 12.1 Å². The van der Waals surface area contributed by atoms with E-state index in [2.05, 4.69) is 4.98 Å². The molecule has 31 heavy (non-hydrogen) atoms. The van der Waals surface area contributed by atoms with Gasteiger partial charge in [0.25, 0.3) is 5.91 Å². The third-order valence-corrected chi connectivity index (χ3v) is 5.66. The number of hydrogen-bond acceptors (Lipinski definition) is 4. The zero-order valence-electron chi connectivity index (χ0n) is 17.1. The van der Waals surface area contributed by atoms with Crippen LogP contribution in [0.25, 0.3) is 11.0 Å². The van der Waals surface area contributed by atoms with Crippen molar-refractivity contribution in [3.63, 3.8) is 0 Å². The van der Waals surface area contributed by atoms with Crippen LogP contribution in [0.1, 0.15) is 44.4 Å². The van der Waals surface area contributed by atoms with Crippen LogP contribution in [0.15, 0.2) is 70.1 Å². The number of carbonyl (C=O) groups is 1. The second-order valence-electron chi connectivity index (χ2n) is 7.88. The van der Waals surface area contributed by atoms with Crippen LogP contribution in [-0.4, -0.2) is 15.8 Å². The summed E-state index contributed by atoms with van der Waals surface area (Å²) in [5, 5.41) is 0.444. The number of aromatic nitrogens is 1. The van der Waals surface area contributed by atoms with Gasteiger partial charge in [0.05, 0.1) is 17.0 Å².